The van der Waals surface area contributed by atoms with Crippen LogP contribution in [0, 0.1) is 6.92 Å². The SMILES string of the molecule is [B]c1ncnc(N[B]Nc2ncnc(C)n2)n1. The first-order chi connectivity index (χ1) is 8.24. The molecule has 17 heavy (non-hydrogen) atoms. The number of anilines is 2. The maximum absolute atomic E-state index is 5.39. The molecule has 2 aromatic rings. The summed E-state index contributed by atoms with van der Waals surface area (Å²) in [5, 5.41) is 5.59. The fourth-order valence-corrected chi connectivity index (χ4v) is 0.991. The van der Waals surface area contributed by atoms with Crippen LogP contribution in [-0.2, 0) is 0 Å². The Labute approximate surface area is 99.5 Å². The van der Waals surface area contributed by atoms with Crippen molar-refractivity contribution in [2.45, 2.75) is 6.92 Å². The summed E-state index contributed by atoms with van der Waals surface area (Å²) in [5.41, 5.74) is 0.145. The minimum atomic E-state index is 0.145. The Morgan fingerprint density at radius 1 is 1.00 bits per heavy atom. The van der Waals surface area contributed by atoms with Gasteiger partial charge < -0.3 is 10.5 Å². The molecule has 0 spiro atoms. The molecule has 0 aromatic carbocycles. The van der Waals surface area contributed by atoms with Crippen molar-refractivity contribution < 1.29 is 0 Å². The molecule has 2 heterocycles. The Kier molecular flexibility index (Phi) is 3.43. The average molecular weight is 225 g/mol. The Bertz CT molecular complexity index is 461. The smallest absolute Gasteiger partial charge is 0.381 e. The van der Waals surface area contributed by atoms with Crippen LogP contribution in [-0.4, -0.2) is 45.3 Å². The van der Waals surface area contributed by atoms with Crippen LogP contribution in [0.2, 0.25) is 0 Å². The van der Waals surface area contributed by atoms with Crippen molar-refractivity contribution in [3.05, 3.63) is 18.5 Å². The summed E-state index contributed by atoms with van der Waals surface area (Å²) >= 11 is 0. The second-order valence-corrected chi connectivity index (χ2v) is 2.96. The van der Waals surface area contributed by atoms with Crippen molar-refractivity contribution in [3.63, 3.8) is 0 Å². The molecular formula is C7H7B2N8. The Balaban J connectivity index is 1.87. The van der Waals surface area contributed by atoms with E-state index in [1.165, 1.54) is 20.2 Å². The Hall–Kier alpha value is -2.25. The fraction of sp³-hybridized carbons (Fsp3) is 0.143. The molecule has 0 atom stereocenters. The van der Waals surface area contributed by atoms with Crippen LogP contribution in [0.3, 0.4) is 0 Å². The quantitative estimate of drug-likeness (QED) is 0.588. The summed E-state index contributed by atoms with van der Waals surface area (Å²) < 4.78 is 0. The van der Waals surface area contributed by atoms with Crippen molar-refractivity contribution in [2.75, 3.05) is 10.5 Å². The monoisotopic (exact) mass is 225 g/mol. The molecule has 0 fully saturated rings. The molecule has 0 aliphatic heterocycles. The van der Waals surface area contributed by atoms with Crippen LogP contribution < -0.4 is 16.2 Å². The number of nitrogens with zero attached hydrogens (tertiary/aromatic N) is 6. The van der Waals surface area contributed by atoms with Gasteiger partial charge in [0, 0.05) is 0 Å². The van der Waals surface area contributed by atoms with E-state index in [0.717, 1.165) is 0 Å². The van der Waals surface area contributed by atoms with E-state index in [2.05, 4.69) is 40.4 Å². The zero-order valence-corrected chi connectivity index (χ0v) is 8.99. The topological polar surface area (TPSA) is 101 Å². The van der Waals surface area contributed by atoms with Crippen LogP contribution in [0.1, 0.15) is 5.82 Å². The molecule has 0 saturated heterocycles. The molecule has 2 N–H and O–H groups in total. The van der Waals surface area contributed by atoms with E-state index in [9.17, 15) is 0 Å². The van der Waals surface area contributed by atoms with E-state index < -0.39 is 0 Å². The van der Waals surface area contributed by atoms with E-state index in [1.54, 1.807) is 6.92 Å². The third-order valence-electron chi connectivity index (χ3n) is 1.69. The summed E-state index contributed by atoms with van der Waals surface area (Å²) in [7, 11) is 6.88. The standard InChI is InChI=1S/C7H7B2N8/c1-4-10-2-12-6(14-4)16-9-17-7-13-3-11-5(8)15-7/h2-3H,1H3,(H,10,12,14,16)(H,11,13,15,17). The first-order valence-electron chi connectivity index (χ1n) is 4.69. The van der Waals surface area contributed by atoms with Gasteiger partial charge in [0.2, 0.25) is 11.9 Å². The second-order valence-electron chi connectivity index (χ2n) is 2.96. The number of hydrogen-bond acceptors (Lipinski definition) is 8. The van der Waals surface area contributed by atoms with Crippen molar-refractivity contribution in [1.82, 2.24) is 29.9 Å². The molecule has 0 amide bonds. The van der Waals surface area contributed by atoms with Gasteiger partial charge in [0.25, 0.3) is 0 Å². The van der Waals surface area contributed by atoms with Crippen molar-refractivity contribution >= 4 is 33.0 Å². The maximum Gasteiger partial charge on any atom is 0.390 e. The summed E-state index contributed by atoms with van der Waals surface area (Å²) in [4.78, 5) is 23.2. The molecule has 0 aliphatic carbocycles. The van der Waals surface area contributed by atoms with Gasteiger partial charge in [0.05, 0.1) is 5.72 Å². The maximum atomic E-state index is 5.39. The highest BCUT2D eigenvalue weighted by Gasteiger charge is 2.00. The van der Waals surface area contributed by atoms with Gasteiger partial charge in [-0.1, -0.05) is 0 Å². The molecule has 8 nitrogen and oxygen atoms in total. The lowest BCUT2D eigenvalue weighted by Crippen LogP contribution is -2.23. The largest absolute Gasteiger partial charge is 0.390 e. The minimum Gasteiger partial charge on any atom is -0.381 e. The van der Waals surface area contributed by atoms with E-state index >= 15 is 0 Å². The highest BCUT2D eigenvalue weighted by atomic mass is 15.2. The van der Waals surface area contributed by atoms with Gasteiger partial charge >= 0.3 is 7.55 Å². The first kappa shape index (κ1) is 11.2. The molecule has 10 heteroatoms. The van der Waals surface area contributed by atoms with Crippen molar-refractivity contribution in [3.8, 4) is 0 Å². The van der Waals surface area contributed by atoms with Gasteiger partial charge in [-0.3, -0.25) is 0 Å². The third-order valence-corrected chi connectivity index (χ3v) is 1.69. The Morgan fingerprint density at radius 3 is 2.29 bits per heavy atom. The molecule has 0 aliphatic rings. The number of aromatic nitrogens is 6. The first-order valence-corrected chi connectivity index (χ1v) is 4.69. The molecule has 0 unspecified atom stereocenters. The number of aryl methyl sites for hydroxylation is 1. The van der Waals surface area contributed by atoms with Gasteiger partial charge in [0.1, 0.15) is 18.5 Å². The van der Waals surface area contributed by atoms with Gasteiger partial charge in [-0.15, -0.1) is 0 Å². The molecule has 0 saturated carbocycles. The van der Waals surface area contributed by atoms with E-state index in [1.807, 2.05) is 0 Å². The summed E-state index contributed by atoms with van der Waals surface area (Å²) in [6.45, 7) is 1.77. The van der Waals surface area contributed by atoms with Crippen molar-refractivity contribution in [1.29, 1.82) is 0 Å². The second kappa shape index (κ2) is 5.19. The van der Waals surface area contributed by atoms with Crippen LogP contribution >= 0.6 is 0 Å². The number of nitrogens with one attached hydrogen (secondary N) is 2. The van der Waals surface area contributed by atoms with Gasteiger partial charge in [-0.2, -0.15) is 4.98 Å². The molecule has 2 rings (SSSR count). The molecule has 81 valence electrons. The summed E-state index contributed by atoms with van der Waals surface area (Å²) in [6, 6.07) is 0. The average Bonchev–Trinajstić information content (AvgIpc) is 2.29. The predicted molar refractivity (Wildman–Crippen MR) is 62.8 cm³/mol. The molecule has 2 aromatic heterocycles. The minimum absolute atomic E-state index is 0.145. The van der Waals surface area contributed by atoms with Crippen LogP contribution in [0.25, 0.3) is 0 Å². The van der Waals surface area contributed by atoms with Crippen LogP contribution in [0.15, 0.2) is 12.7 Å². The van der Waals surface area contributed by atoms with Gasteiger partial charge in [0.15, 0.2) is 7.85 Å². The van der Waals surface area contributed by atoms with Gasteiger partial charge in [-0.25, -0.2) is 24.9 Å². The van der Waals surface area contributed by atoms with E-state index in [4.69, 9.17) is 7.85 Å². The van der Waals surface area contributed by atoms with Gasteiger partial charge in [-0.05, 0) is 6.92 Å². The lowest BCUT2D eigenvalue weighted by molar-refractivity contribution is 0.986. The lowest BCUT2D eigenvalue weighted by atomic mass is 10.1. The normalized spacial score (nSPS) is 9.71. The highest BCUT2D eigenvalue weighted by molar-refractivity contribution is 6.44. The molecular weight excluding hydrogens is 218 g/mol. The van der Waals surface area contributed by atoms with Crippen LogP contribution in [0.5, 0.6) is 0 Å². The predicted octanol–water partition coefficient (Wildman–Crippen LogP) is -1.78. The molecule has 0 bridgehead atoms. The third kappa shape index (κ3) is 3.37. The fourth-order valence-electron chi connectivity index (χ4n) is 0.991. The Morgan fingerprint density at radius 2 is 1.65 bits per heavy atom. The zero-order valence-electron chi connectivity index (χ0n) is 8.99. The molecule has 3 radical (unpaired) electrons. The highest BCUT2D eigenvalue weighted by Crippen LogP contribution is 1.95. The van der Waals surface area contributed by atoms with E-state index in [-0.39, 0.29) is 5.72 Å². The summed E-state index contributed by atoms with van der Waals surface area (Å²) in [6.07, 6.45) is 2.73. The summed E-state index contributed by atoms with van der Waals surface area (Å²) in [5.74, 6) is 1.38. The van der Waals surface area contributed by atoms with Crippen LogP contribution in [0.4, 0.5) is 11.9 Å². The van der Waals surface area contributed by atoms with Crippen molar-refractivity contribution in [2.24, 2.45) is 0 Å². The number of hydrogen-bond donors (Lipinski definition) is 2. The lowest BCUT2D eigenvalue weighted by Gasteiger charge is -2.04. The number of rotatable bonds is 4. The zero-order chi connectivity index (χ0) is 12.1. The van der Waals surface area contributed by atoms with E-state index in [0.29, 0.717) is 17.7 Å².